The van der Waals surface area contributed by atoms with Gasteiger partial charge in [0.15, 0.2) is 11.8 Å². The number of carbonyl (C=O) groups excluding carboxylic acids is 1. The number of amides is 1. The van der Waals surface area contributed by atoms with Crippen molar-refractivity contribution in [1.29, 1.82) is 0 Å². The molecule has 0 unspecified atom stereocenters. The molecule has 13 heteroatoms. The molecular formula is C33H51N3O7Si3. The summed E-state index contributed by atoms with van der Waals surface area (Å²) in [7, 11) is -8.03. The van der Waals surface area contributed by atoms with E-state index in [1.165, 1.54) is 16.8 Å². The van der Waals surface area contributed by atoms with Crippen molar-refractivity contribution in [3.05, 3.63) is 58.6 Å². The first-order valence-corrected chi connectivity index (χ1v) is 23.7. The Morgan fingerprint density at radius 1 is 1.00 bits per heavy atom. The molecule has 0 radical (unpaired) electrons. The number of nitrogens with zero attached hydrogens (tertiary/aromatic N) is 2. The SMILES string of the molecule is CC(C)[Si]1(C(C)C)OC[C@H]2O[C@@H](n3ccc(NC(=O)c4ccccc4)nc3=O)[C@](O)(C#C[Si](C)(C)C)[C@@H]2O[Si](C(C)C)(C(C)C)O1. The highest BCUT2D eigenvalue weighted by Crippen LogP contribution is 2.50. The normalized spacial score (nSPS) is 26.0. The van der Waals surface area contributed by atoms with Gasteiger partial charge in [0.05, 0.1) is 6.61 Å². The van der Waals surface area contributed by atoms with Crippen molar-refractivity contribution in [1.82, 2.24) is 9.55 Å². The predicted molar refractivity (Wildman–Crippen MR) is 187 cm³/mol. The molecule has 2 aliphatic heterocycles. The van der Waals surface area contributed by atoms with Gasteiger partial charge >= 0.3 is 22.8 Å². The molecule has 2 saturated heterocycles. The summed E-state index contributed by atoms with van der Waals surface area (Å²) in [5.74, 6) is 2.84. The average Bonchev–Trinajstić information content (AvgIpc) is 3.22. The molecule has 1 amide bonds. The Bertz CT molecular complexity index is 1500. The predicted octanol–water partition coefficient (Wildman–Crippen LogP) is 5.96. The van der Waals surface area contributed by atoms with Gasteiger partial charge in [-0.3, -0.25) is 9.36 Å². The molecule has 1 aromatic heterocycles. The van der Waals surface area contributed by atoms with Gasteiger partial charge in [-0.15, -0.1) is 5.54 Å². The van der Waals surface area contributed by atoms with Crippen molar-refractivity contribution < 1.29 is 27.6 Å². The first kappa shape index (κ1) is 36.4. The molecule has 4 rings (SSSR count). The molecule has 0 bridgehead atoms. The highest BCUT2D eigenvalue weighted by molar-refractivity contribution is 6.84. The van der Waals surface area contributed by atoms with E-state index >= 15 is 0 Å². The zero-order valence-corrected chi connectivity index (χ0v) is 32.1. The smallest absolute Gasteiger partial charge is 0.351 e. The molecule has 4 atom stereocenters. The van der Waals surface area contributed by atoms with Crippen LogP contribution in [-0.4, -0.2) is 70.2 Å². The van der Waals surface area contributed by atoms with Gasteiger partial charge in [0, 0.05) is 11.8 Å². The summed E-state index contributed by atoms with van der Waals surface area (Å²) in [5, 5.41) is 15.4. The Balaban J connectivity index is 1.83. The quantitative estimate of drug-likeness (QED) is 0.271. The number of aromatic nitrogens is 2. The fourth-order valence-electron chi connectivity index (χ4n) is 6.32. The number of nitrogens with one attached hydrogen (secondary N) is 1. The largest absolute Gasteiger partial charge is 0.414 e. The van der Waals surface area contributed by atoms with Crippen LogP contribution in [0, 0.1) is 11.5 Å². The maximum absolute atomic E-state index is 13.6. The zero-order chi connectivity index (χ0) is 34.2. The number of anilines is 1. The molecule has 1 aromatic carbocycles. The Morgan fingerprint density at radius 2 is 1.59 bits per heavy atom. The summed E-state index contributed by atoms with van der Waals surface area (Å²) < 4.78 is 29.2. The van der Waals surface area contributed by atoms with Crippen LogP contribution in [-0.2, 0) is 17.7 Å². The molecule has 0 saturated carbocycles. The highest BCUT2D eigenvalue weighted by Gasteiger charge is 2.65. The molecule has 252 valence electrons. The molecule has 3 heterocycles. The monoisotopic (exact) mass is 685 g/mol. The van der Waals surface area contributed by atoms with Crippen molar-refractivity contribution in [2.24, 2.45) is 0 Å². The van der Waals surface area contributed by atoms with E-state index in [4.69, 9.17) is 17.7 Å². The Morgan fingerprint density at radius 3 is 2.11 bits per heavy atom. The molecule has 0 spiro atoms. The Kier molecular flexibility index (Phi) is 10.8. The lowest BCUT2D eigenvalue weighted by Gasteiger charge is -2.51. The minimum absolute atomic E-state index is 0.0179. The van der Waals surface area contributed by atoms with Crippen molar-refractivity contribution >= 4 is 36.9 Å². The molecule has 0 aliphatic carbocycles. The third-order valence-electron chi connectivity index (χ3n) is 8.77. The van der Waals surface area contributed by atoms with E-state index in [0.717, 1.165) is 0 Å². The number of aliphatic hydroxyl groups is 1. The van der Waals surface area contributed by atoms with Gasteiger partial charge in [-0.25, -0.2) is 4.79 Å². The minimum Gasteiger partial charge on any atom is -0.414 e. The van der Waals surface area contributed by atoms with Crippen LogP contribution in [0.3, 0.4) is 0 Å². The van der Waals surface area contributed by atoms with Crippen LogP contribution in [0.5, 0.6) is 0 Å². The number of hydrogen-bond acceptors (Lipinski definition) is 8. The van der Waals surface area contributed by atoms with Crippen LogP contribution < -0.4 is 11.0 Å². The third kappa shape index (κ3) is 7.05. The lowest BCUT2D eigenvalue weighted by Crippen LogP contribution is -2.67. The maximum Gasteiger partial charge on any atom is 0.351 e. The Hall–Kier alpha value is -2.42. The fraction of sp³-hybridized carbons (Fsp3) is 0.606. The summed E-state index contributed by atoms with van der Waals surface area (Å²) in [6.07, 6.45) is -1.46. The van der Waals surface area contributed by atoms with Gasteiger partial charge in [0.2, 0.25) is 0 Å². The van der Waals surface area contributed by atoms with Crippen molar-refractivity contribution in [3.63, 3.8) is 0 Å². The first-order valence-electron chi connectivity index (χ1n) is 16.3. The second-order valence-electron chi connectivity index (χ2n) is 14.7. The lowest BCUT2D eigenvalue weighted by molar-refractivity contribution is -0.0749. The lowest BCUT2D eigenvalue weighted by atomic mass is 9.95. The molecule has 2 aromatic rings. The van der Waals surface area contributed by atoms with E-state index in [1.807, 2.05) is 6.07 Å². The number of fused-ring (bicyclic) bond motifs is 1. The molecule has 46 heavy (non-hydrogen) atoms. The van der Waals surface area contributed by atoms with Crippen LogP contribution in [0.15, 0.2) is 47.4 Å². The third-order valence-corrected chi connectivity index (χ3v) is 19.9. The summed E-state index contributed by atoms with van der Waals surface area (Å²) >= 11 is 0. The van der Waals surface area contributed by atoms with Gasteiger partial charge in [-0.05, 0) is 40.4 Å². The average molecular weight is 686 g/mol. The number of benzene rings is 1. The summed E-state index contributed by atoms with van der Waals surface area (Å²) in [6, 6.07) is 10.2. The van der Waals surface area contributed by atoms with Crippen molar-refractivity contribution in [2.45, 2.75) is 121 Å². The van der Waals surface area contributed by atoms with Gasteiger partial charge in [0.25, 0.3) is 5.91 Å². The van der Waals surface area contributed by atoms with E-state index in [2.05, 4.69) is 96.8 Å². The van der Waals surface area contributed by atoms with Crippen LogP contribution in [0.25, 0.3) is 0 Å². The molecule has 2 N–H and O–H groups in total. The van der Waals surface area contributed by atoms with Gasteiger partial charge in [-0.2, -0.15) is 4.98 Å². The van der Waals surface area contributed by atoms with Gasteiger partial charge in [0.1, 0.15) is 26.1 Å². The second kappa shape index (κ2) is 13.6. The van der Waals surface area contributed by atoms with Crippen molar-refractivity contribution in [3.8, 4) is 11.5 Å². The van der Waals surface area contributed by atoms with E-state index in [9.17, 15) is 14.7 Å². The number of ether oxygens (including phenoxy) is 1. The Labute approximate surface area is 276 Å². The van der Waals surface area contributed by atoms with Crippen LogP contribution in [0.1, 0.15) is 72.0 Å². The molecule has 10 nitrogen and oxygen atoms in total. The summed E-state index contributed by atoms with van der Waals surface area (Å²) in [6.45, 7) is 23.4. The topological polar surface area (TPSA) is 121 Å². The van der Waals surface area contributed by atoms with Crippen LogP contribution >= 0.6 is 0 Å². The standard InChI is InChI=1S/C33H51N3O7Si3/c1-22(2)45(23(3)4)40-21-27-29(42-46(43-45,24(5)6)25(7)8)33(39,18-20-44(9,10)11)31(41-27)36-19-17-28(35-32(36)38)34-30(37)26-15-13-12-14-16-26/h12-17,19,22-25,27,29,31,39H,21H2,1-11H3,(H,34,35,37,38)/t27-,29-,31-,33+/m1/s1. The molecular weight excluding hydrogens is 635 g/mol. The molecule has 2 aliphatic rings. The van der Waals surface area contributed by atoms with Crippen LogP contribution in [0.2, 0.25) is 41.8 Å². The minimum atomic E-state index is -3.14. The van der Waals surface area contributed by atoms with E-state index in [-0.39, 0.29) is 34.6 Å². The van der Waals surface area contributed by atoms with Gasteiger partial charge < -0.3 is 28.1 Å². The van der Waals surface area contributed by atoms with E-state index < -0.39 is 60.8 Å². The summed E-state index contributed by atoms with van der Waals surface area (Å²) in [4.78, 5) is 30.4. The number of carbonyl (C=O) groups is 1. The van der Waals surface area contributed by atoms with E-state index in [0.29, 0.717) is 5.56 Å². The van der Waals surface area contributed by atoms with Crippen molar-refractivity contribution in [2.75, 3.05) is 11.9 Å². The van der Waals surface area contributed by atoms with Crippen LogP contribution in [0.4, 0.5) is 5.82 Å². The number of hydrogen-bond donors (Lipinski definition) is 2. The molecule has 2 fully saturated rings. The summed E-state index contributed by atoms with van der Waals surface area (Å²) in [5.41, 5.74) is 1.42. The highest BCUT2D eigenvalue weighted by atomic mass is 28.5. The zero-order valence-electron chi connectivity index (χ0n) is 29.1. The van der Waals surface area contributed by atoms with Gasteiger partial charge in [-0.1, -0.05) is 99.2 Å². The fourth-order valence-corrected chi connectivity index (χ4v) is 18.1. The first-order chi connectivity index (χ1) is 21.4. The second-order valence-corrected chi connectivity index (χ2v) is 28.3. The number of rotatable bonds is 7. The maximum atomic E-state index is 13.6. The van der Waals surface area contributed by atoms with E-state index in [1.54, 1.807) is 24.3 Å².